The number of benzene rings is 1. The van der Waals surface area contributed by atoms with Gasteiger partial charge in [0, 0.05) is 10.1 Å². The molecule has 26 heavy (non-hydrogen) atoms. The van der Waals surface area contributed by atoms with Gasteiger partial charge in [0.15, 0.2) is 0 Å². The smallest absolute Gasteiger partial charge is 0.00943 e. The second-order valence-corrected chi connectivity index (χ2v) is 9.25. The van der Waals surface area contributed by atoms with Crippen LogP contribution in [0.25, 0.3) is 0 Å². The Balaban J connectivity index is 1.93. The molecule has 0 aromatic heterocycles. The van der Waals surface area contributed by atoms with Crippen LogP contribution in [0.3, 0.4) is 0 Å². The number of hydrogen-bond donors (Lipinski definition) is 0. The fraction of sp³-hybridized carbons (Fsp3) is 0.760. The van der Waals surface area contributed by atoms with Crippen molar-refractivity contribution in [2.24, 2.45) is 0 Å². The maximum atomic E-state index is 2.32. The molecule has 0 fully saturated rings. The molecule has 0 aliphatic carbocycles. The lowest BCUT2D eigenvalue weighted by molar-refractivity contribution is 0.531. The first-order valence-corrected chi connectivity index (χ1v) is 12.5. The Morgan fingerprint density at radius 3 is 1.58 bits per heavy atom. The minimum absolute atomic E-state index is 0.815. The van der Waals surface area contributed by atoms with Crippen LogP contribution < -0.4 is 0 Å². The quantitative estimate of drug-likeness (QED) is 0.181. The molecule has 0 N–H and O–H groups in total. The second-order valence-electron chi connectivity index (χ2n) is 7.87. The summed E-state index contributed by atoms with van der Waals surface area (Å²) in [6.07, 6.45) is 22.9. The topological polar surface area (TPSA) is 0 Å². The van der Waals surface area contributed by atoms with Crippen molar-refractivity contribution in [2.75, 3.05) is 0 Å². The van der Waals surface area contributed by atoms with E-state index < -0.39 is 0 Å². The zero-order valence-electron chi connectivity index (χ0n) is 17.7. The van der Waals surface area contributed by atoms with Crippen molar-refractivity contribution in [1.29, 1.82) is 0 Å². The van der Waals surface area contributed by atoms with Crippen molar-refractivity contribution >= 4 is 11.8 Å². The van der Waals surface area contributed by atoms with E-state index in [1.165, 1.54) is 108 Å². The molecule has 0 saturated heterocycles. The van der Waals surface area contributed by atoms with Gasteiger partial charge in [-0.15, -0.1) is 11.8 Å². The predicted octanol–water partition coefficient (Wildman–Crippen LogP) is 9.43. The fourth-order valence-corrected chi connectivity index (χ4v) is 5.00. The largest absolute Gasteiger partial charge is 0.123 e. The minimum Gasteiger partial charge on any atom is -0.123 e. The average molecular weight is 377 g/mol. The van der Waals surface area contributed by atoms with Crippen molar-refractivity contribution in [3.8, 4) is 0 Å². The minimum atomic E-state index is 0.815. The lowest BCUT2D eigenvalue weighted by Crippen LogP contribution is -2.02. The summed E-state index contributed by atoms with van der Waals surface area (Å²) in [4.78, 5) is 1.45. The van der Waals surface area contributed by atoms with E-state index in [1.807, 2.05) is 0 Å². The lowest BCUT2D eigenvalue weighted by Gasteiger charge is -2.15. The zero-order valence-corrected chi connectivity index (χ0v) is 18.5. The van der Waals surface area contributed by atoms with Crippen LogP contribution in [0.2, 0.25) is 0 Å². The molecule has 1 aromatic carbocycles. The van der Waals surface area contributed by atoms with Crippen LogP contribution in [0.5, 0.6) is 0 Å². The molecule has 1 rings (SSSR count). The Kier molecular flexibility index (Phi) is 16.3. The van der Waals surface area contributed by atoms with Gasteiger partial charge in [0.05, 0.1) is 0 Å². The normalized spacial score (nSPS) is 12.4. The van der Waals surface area contributed by atoms with Gasteiger partial charge >= 0.3 is 0 Å². The van der Waals surface area contributed by atoms with E-state index in [9.17, 15) is 0 Å². The van der Waals surface area contributed by atoms with Gasteiger partial charge in [-0.1, -0.05) is 122 Å². The van der Waals surface area contributed by atoms with Crippen LogP contribution >= 0.6 is 11.8 Å². The van der Waals surface area contributed by atoms with Crippen LogP contribution in [-0.4, -0.2) is 5.25 Å². The van der Waals surface area contributed by atoms with E-state index in [-0.39, 0.29) is 0 Å². The molecule has 0 amide bonds. The summed E-state index contributed by atoms with van der Waals surface area (Å²) >= 11 is 2.10. The van der Waals surface area contributed by atoms with Crippen molar-refractivity contribution in [3.05, 3.63) is 30.3 Å². The highest BCUT2D eigenvalue weighted by Crippen LogP contribution is 2.29. The van der Waals surface area contributed by atoms with E-state index in [1.54, 1.807) is 0 Å². The van der Waals surface area contributed by atoms with E-state index in [0.717, 1.165) is 5.25 Å². The van der Waals surface area contributed by atoms with E-state index in [4.69, 9.17) is 0 Å². The maximum Gasteiger partial charge on any atom is 0.00943 e. The van der Waals surface area contributed by atoms with Gasteiger partial charge in [-0.05, 0) is 25.0 Å². The number of rotatable bonds is 18. The first-order valence-electron chi connectivity index (χ1n) is 11.6. The molecule has 1 unspecified atom stereocenters. The molecule has 150 valence electrons. The Morgan fingerprint density at radius 1 is 0.577 bits per heavy atom. The second kappa shape index (κ2) is 18.0. The van der Waals surface area contributed by atoms with Crippen molar-refractivity contribution in [1.82, 2.24) is 0 Å². The van der Waals surface area contributed by atoms with Crippen LogP contribution in [0.1, 0.15) is 117 Å². The Morgan fingerprint density at radius 2 is 1.08 bits per heavy atom. The zero-order chi connectivity index (χ0) is 18.7. The third-order valence-corrected chi connectivity index (χ3v) is 6.64. The Hall–Kier alpha value is -0.430. The molecule has 0 saturated carbocycles. The molecular weight excluding hydrogens is 332 g/mol. The first kappa shape index (κ1) is 23.6. The van der Waals surface area contributed by atoms with E-state index in [0.29, 0.717) is 0 Å². The molecular formula is C25H44S. The van der Waals surface area contributed by atoms with Gasteiger partial charge in [-0.25, -0.2) is 0 Å². The lowest BCUT2D eigenvalue weighted by atomic mass is 10.0. The molecule has 0 aliphatic heterocycles. The van der Waals surface area contributed by atoms with Crippen LogP contribution in [0.4, 0.5) is 0 Å². The summed E-state index contributed by atoms with van der Waals surface area (Å²) in [6.45, 7) is 4.62. The Labute approximate surface area is 168 Å². The van der Waals surface area contributed by atoms with Gasteiger partial charge < -0.3 is 0 Å². The van der Waals surface area contributed by atoms with Crippen molar-refractivity contribution < 1.29 is 0 Å². The van der Waals surface area contributed by atoms with E-state index in [2.05, 4.69) is 55.9 Å². The number of hydrogen-bond acceptors (Lipinski definition) is 1. The van der Waals surface area contributed by atoms with Crippen molar-refractivity contribution in [3.63, 3.8) is 0 Å². The van der Waals surface area contributed by atoms with Gasteiger partial charge in [-0.3, -0.25) is 0 Å². The van der Waals surface area contributed by atoms with Gasteiger partial charge in [-0.2, -0.15) is 0 Å². The third-order valence-electron chi connectivity index (χ3n) is 5.29. The van der Waals surface area contributed by atoms with E-state index >= 15 is 0 Å². The average Bonchev–Trinajstić information content (AvgIpc) is 2.66. The highest BCUT2D eigenvalue weighted by Gasteiger charge is 2.09. The van der Waals surface area contributed by atoms with Gasteiger partial charge in [0.1, 0.15) is 0 Å². The van der Waals surface area contributed by atoms with Crippen LogP contribution in [0, 0.1) is 0 Å². The highest BCUT2D eigenvalue weighted by atomic mass is 32.2. The van der Waals surface area contributed by atoms with Crippen LogP contribution in [0.15, 0.2) is 35.2 Å². The number of unbranched alkanes of at least 4 members (excludes halogenated alkanes) is 12. The molecule has 1 heteroatoms. The standard InChI is InChI=1S/C25H44S/c1-3-5-6-7-8-9-10-11-12-13-14-15-17-21-24(20-4-2)26-25-22-18-16-19-23-25/h16,18-19,22-24H,3-15,17,20-21H2,1-2H3. The highest BCUT2D eigenvalue weighted by molar-refractivity contribution is 8.00. The predicted molar refractivity (Wildman–Crippen MR) is 121 cm³/mol. The molecule has 0 aliphatic rings. The van der Waals surface area contributed by atoms with Crippen LogP contribution in [-0.2, 0) is 0 Å². The summed E-state index contributed by atoms with van der Waals surface area (Å²) in [5.74, 6) is 0. The first-order chi connectivity index (χ1) is 12.9. The fourth-order valence-electron chi connectivity index (χ4n) is 3.67. The van der Waals surface area contributed by atoms with Gasteiger partial charge in [0.2, 0.25) is 0 Å². The van der Waals surface area contributed by atoms with Gasteiger partial charge in [0.25, 0.3) is 0 Å². The Bertz CT molecular complexity index is 386. The molecule has 0 nitrogen and oxygen atoms in total. The molecule has 0 spiro atoms. The maximum absolute atomic E-state index is 2.32. The molecule has 0 bridgehead atoms. The summed E-state index contributed by atoms with van der Waals surface area (Å²) in [5.41, 5.74) is 0. The molecule has 1 aromatic rings. The summed E-state index contributed by atoms with van der Waals surface area (Å²) in [6, 6.07) is 11.0. The monoisotopic (exact) mass is 376 g/mol. The number of thioether (sulfide) groups is 1. The van der Waals surface area contributed by atoms with Crippen molar-refractivity contribution in [2.45, 2.75) is 127 Å². The molecule has 0 radical (unpaired) electrons. The third kappa shape index (κ3) is 13.7. The summed E-state index contributed by atoms with van der Waals surface area (Å²) < 4.78 is 0. The summed E-state index contributed by atoms with van der Waals surface area (Å²) in [7, 11) is 0. The molecule has 1 atom stereocenters. The summed E-state index contributed by atoms with van der Waals surface area (Å²) in [5, 5.41) is 0.815. The molecule has 0 heterocycles. The SMILES string of the molecule is CCCCCCCCCCCCCCCC(CCC)Sc1ccccc1.